The molecular formula is C16H17FN2O4. The fourth-order valence-electron chi connectivity index (χ4n) is 2.67. The summed E-state index contributed by atoms with van der Waals surface area (Å²) >= 11 is 0. The van der Waals surface area contributed by atoms with Crippen LogP contribution >= 0.6 is 0 Å². The average Bonchev–Trinajstić information content (AvgIpc) is 2.79. The Balaban J connectivity index is 0.000000924. The van der Waals surface area contributed by atoms with Gasteiger partial charge in [0.05, 0.1) is 11.1 Å². The standard InChI is InChI=1S/C14H11FN2O4.C2H6/c1-7-3-2-4-8-10(7)12(20)17(11(8)19)14(15)6-5-9(18)16-13(14)21;1-2/h2-4H,5-6H2,1H3,(H,16,18,21);1-2H3. The summed E-state index contributed by atoms with van der Waals surface area (Å²) in [6.07, 6.45) is -0.795. The van der Waals surface area contributed by atoms with Crippen LogP contribution in [0.25, 0.3) is 0 Å². The number of aryl methyl sites for hydroxylation is 1. The number of carbonyl (C=O) groups excluding carboxylic acids is 4. The second kappa shape index (κ2) is 5.91. The van der Waals surface area contributed by atoms with Crippen molar-refractivity contribution in [2.45, 2.75) is 39.4 Å². The summed E-state index contributed by atoms with van der Waals surface area (Å²) in [6, 6.07) is 4.62. The molecule has 1 N–H and O–H groups in total. The van der Waals surface area contributed by atoms with E-state index >= 15 is 0 Å². The Morgan fingerprint density at radius 2 is 1.78 bits per heavy atom. The van der Waals surface area contributed by atoms with Gasteiger partial charge in [0.25, 0.3) is 23.5 Å². The zero-order valence-corrected chi connectivity index (χ0v) is 13.1. The number of amides is 4. The van der Waals surface area contributed by atoms with Gasteiger partial charge in [-0.1, -0.05) is 26.0 Å². The third-order valence-electron chi connectivity index (χ3n) is 3.76. The molecule has 3 rings (SSSR count). The average molecular weight is 320 g/mol. The van der Waals surface area contributed by atoms with Crippen molar-refractivity contribution in [3.8, 4) is 0 Å². The molecule has 4 amide bonds. The molecule has 0 saturated carbocycles. The molecule has 1 saturated heterocycles. The summed E-state index contributed by atoms with van der Waals surface area (Å²) in [5.74, 6) is -6.43. The van der Waals surface area contributed by atoms with E-state index in [1.165, 1.54) is 6.07 Å². The molecule has 1 atom stereocenters. The molecule has 1 aromatic rings. The molecule has 6 nitrogen and oxygen atoms in total. The van der Waals surface area contributed by atoms with Crippen molar-refractivity contribution in [2.24, 2.45) is 0 Å². The number of imide groups is 2. The lowest BCUT2D eigenvalue weighted by atomic mass is 10.0. The Kier molecular flexibility index (Phi) is 4.31. The van der Waals surface area contributed by atoms with E-state index < -0.39 is 35.8 Å². The van der Waals surface area contributed by atoms with Crippen molar-refractivity contribution >= 4 is 23.6 Å². The molecule has 0 aliphatic carbocycles. The number of nitrogens with zero attached hydrogens (tertiary/aromatic N) is 1. The summed E-state index contributed by atoms with van der Waals surface area (Å²) in [4.78, 5) is 47.9. The van der Waals surface area contributed by atoms with Gasteiger partial charge in [-0.2, -0.15) is 0 Å². The lowest BCUT2D eigenvalue weighted by Crippen LogP contribution is -2.61. The number of hydrogen-bond acceptors (Lipinski definition) is 4. The maximum atomic E-state index is 15.0. The largest absolute Gasteiger partial charge is 0.292 e. The Morgan fingerprint density at radius 1 is 1.13 bits per heavy atom. The van der Waals surface area contributed by atoms with E-state index in [1.807, 2.05) is 19.2 Å². The number of piperidine rings is 1. The predicted octanol–water partition coefficient (Wildman–Crippen LogP) is 1.72. The molecule has 2 heterocycles. The summed E-state index contributed by atoms with van der Waals surface area (Å²) in [5, 5.41) is 1.83. The van der Waals surface area contributed by atoms with Crippen LogP contribution in [0.4, 0.5) is 4.39 Å². The van der Waals surface area contributed by atoms with Gasteiger partial charge >= 0.3 is 0 Å². The number of fused-ring (bicyclic) bond motifs is 1. The molecule has 7 heteroatoms. The highest BCUT2D eigenvalue weighted by Crippen LogP contribution is 2.36. The number of halogens is 1. The van der Waals surface area contributed by atoms with Crippen LogP contribution in [-0.4, -0.2) is 34.3 Å². The molecule has 1 aromatic carbocycles. The SMILES string of the molecule is CC.Cc1cccc2c1C(=O)N(C1(F)CCC(=O)NC1=O)C2=O. The van der Waals surface area contributed by atoms with E-state index in [0.29, 0.717) is 10.5 Å². The summed E-state index contributed by atoms with van der Waals surface area (Å²) in [7, 11) is 0. The Hall–Kier alpha value is -2.57. The zero-order valence-electron chi connectivity index (χ0n) is 13.1. The number of nitrogens with one attached hydrogen (secondary N) is 1. The van der Waals surface area contributed by atoms with Gasteiger partial charge in [-0.25, -0.2) is 9.29 Å². The topological polar surface area (TPSA) is 83.6 Å². The van der Waals surface area contributed by atoms with E-state index in [4.69, 9.17) is 0 Å². The molecule has 1 unspecified atom stereocenters. The zero-order chi connectivity index (χ0) is 17.4. The summed E-state index contributed by atoms with van der Waals surface area (Å²) in [5.41, 5.74) is 0.704. The lowest BCUT2D eigenvalue weighted by Gasteiger charge is -2.34. The maximum absolute atomic E-state index is 15.0. The van der Waals surface area contributed by atoms with E-state index in [1.54, 1.807) is 19.1 Å². The normalized spacial score (nSPS) is 23.2. The highest BCUT2D eigenvalue weighted by Gasteiger charge is 2.56. The molecule has 23 heavy (non-hydrogen) atoms. The van der Waals surface area contributed by atoms with Crippen LogP contribution in [0.1, 0.15) is 53.0 Å². The Bertz CT molecular complexity index is 716. The molecule has 122 valence electrons. The lowest BCUT2D eigenvalue weighted by molar-refractivity contribution is -0.151. The molecule has 0 aromatic heterocycles. The quantitative estimate of drug-likeness (QED) is 0.631. The second-order valence-electron chi connectivity index (χ2n) is 5.08. The van der Waals surface area contributed by atoms with Crippen molar-refractivity contribution in [2.75, 3.05) is 0 Å². The van der Waals surface area contributed by atoms with Crippen molar-refractivity contribution in [1.29, 1.82) is 0 Å². The number of hydrogen-bond donors (Lipinski definition) is 1. The molecule has 1 fully saturated rings. The molecule has 0 spiro atoms. The smallest absolute Gasteiger partial charge is 0.285 e. The van der Waals surface area contributed by atoms with Gasteiger partial charge in [0.2, 0.25) is 5.91 Å². The minimum Gasteiger partial charge on any atom is -0.292 e. The third kappa shape index (κ3) is 2.42. The summed E-state index contributed by atoms with van der Waals surface area (Å²) in [6.45, 7) is 5.63. The minimum absolute atomic E-state index is 0.0710. The first-order valence-corrected chi connectivity index (χ1v) is 7.38. The monoisotopic (exact) mass is 320 g/mol. The molecular weight excluding hydrogens is 303 g/mol. The molecule has 0 radical (unpaired) electrons. The Morgan fingerprint density at radius 3 is 2.35 bits per heavy atom. The van der Waals surface area contributed by atoms with E-state index in [0.717, 1.165) is 0 Å². The van der Waals surface area contributed by atoms with Gasteiger partial charge in [-0.15, -0.1) is 0 Å². The molecule has 0 bridgehead atoms. The Labute approximate surface area is 132 Å². The van der Waals surface area contributed by atoms with Gasteiger partial charge in [0.1, 0.15) is 0 Å². The summed E-state index contributed by atoms with van der Waals surface area (Å²) < 4.78 is 15.0. The first-order valence-electron chi connectivity index (χ1n) is 7.38. The number of benzene rings is 1. The van der Waals surface area contributed by atoms with E-state index in [2.05, 4.69) is 0 Å². The number of carbonyl (C=O) groups is 4. The fourth-order valence-corrected chi connectivity index (χ4v) is 2.67. The van der Waals surface area contributed by atoms with Crippen molar-refractivity contribution in [1.82, 2.24) is 10.2 Å². The van der Waals surface area contributed by atoms with Crippen LogP contribution in [0, 0.1) is 6.92 Å². The third-order valence-corrected chi connectivity index (χ3v) is 3.76. The first kappa shape index (κ1) is 16.8. The molecule has 2 aliphatic heterocycles. The maximum Gasteiger partial charge on any atom is 0.285 e. The van der Waals surface area contributed by atoms with Crippen LogP contribution in [0.15, 0.2) is 18.2 Å². The van der Waals surface area contributed by atoms with Crippen LogP contribution < -0.4 is 5.32 Å². The van der Waals surface area contributed by atoms with Crippen LogP contribution in [-0.2, 0) is 9.59 Å². The minimum atomic E-state index is -2.83. The fraction of sp³-hybridized carbons (Fsp3) is 0.375. The van der Waals surface area contributed by atoms with E-state index in [9.17, 15) is 23.6 Å². The van der Waals surface area contributed by atoms with Crippen molar-refractivity contribution < 1.29 is 23.6 Å². The van der Waals surface area contributed by atoms with Crippen LogP contribution in [0.2, 0.25) is 0 Å². The highest BCUT2D eigenvalue weighted by atomic mass is 19.1. The number of alkyl halides is 1. The van der Waals surface area contributed by atoms with Crippen molar-refractivity contribution in [3.63, 3.8) is 0 Å². The van der Waals surface area contributed by atoms with E-state index in [-0.39, 0.29) is 17.5 Å². The van der Waals surface area contributed by atoms with Gasteiger partial charge in [0.15, 0.2) is 0 Å². The van der Waals surface area contributed by atoms with Gasteiger partial charge in [-0.05, 0) is 18.6 Å². The highest BCUT2D eigenvalue weighted by molar-refractivity contribution is 6.24. The van der Waals surface area contributed by atoms with Gasteiger partial charge in [-0.3, -0.25) is 24.5 Å². The second-order valence-corrected chi connectivity index (χ2v) is 5.08. The first-order chi connectivity index (χ1) is 10.9. The van der Waals surface area contributed by atoms with Gasteiger partial charge in [0, 0.05) is 12.8 Å². The van der Waals surface area contributed by atoms with Crippen LogP contribution in [0.3, 0.4) is 0 Å². The van der Waals surface area contributed by atoms with Gasteiger partial charge < -0.3 is 0 Å². The molecule has 2 aliphatic rings. The van der Waals surface area contributed by atoms with Crippen LogP contribution in [0.5, 0.6) is 0 Å². The predicted molar refractivity (Wildman–Crippen MR) is 79.2 cm³/mol. The van der Waals surface area contributed by atoms with Crippen molar-refractivity contribution in [3.05, 3.63) is 34.9 Å². The number of rotatable bonds is 1.